The predicted octanol–water partition coefficient (Wildman–Crippen LogP) is 2.38. The highest BCUT2D eigenvalue weighted by atomic mass is 16.7. The summed E-state index contributed by atoms with van der Waals surface area (Å²) in [5, 5.41) is 0. The molecule has 0 aromatic rings. The van der Waals surface area contributed by atoms with E-state index in [2.05, 4.69) is 27.7 Å². The minimum Gasteiger partial charge on any atom is -0.404 e. The number of hydrogen-bond donors (Lipinski definition) is 1. The summed E-state index contributed by atoms with van der Waals surface area (Å²) in [6.07, 6.45) is 4.76. The number of nitrogens with two attached hydrogens (primary N) is 1. The molecule has 0 amide bonds. The molecule has 2 aliphatic carbocycles. The lowest BCUT2D eigenvalue weighted by atomic mass is 9.75. The zero-order valence-electron chi connectivity index (χ0n) is 12.1. The second-order valence-corrected chi connectivity index (χ2v) is 7.77. The van der Waals surface area contributed by atoms with Gasteiger partial charge in [-0.3, -0.25) is 0 Å². The third-order valence-electron chi connectivity index (χ3n) is 5.28. The van der Waals surface area contributed by atoms with E-state index in [9.17, 15) is 0 Å². The van der Waals surface area contributed by atoms with Gasteiger partial charge in [-0.05, 0) is 42.9 Å². The Morgan fingerprint density at radius 2 is 2.11 bits per heavy atom. The predicted molar refractivity (Wildman–Crippen MR) is 73.0 cm³/mol. The van der Waals surface area contributed by atoms with Crippen LogP contribution in [-0.4, -0.2) is 24.8 Å². The fraction of sp³-hybridized carbons (Fsp3) is 1.00. The van der Waals surface area contributed by atoms with Gasteiger partial charge in [0.15, 0.2) is 0 Å². The second-order valence-electron chi connectivity index (χ2n) is 7.77. The Kier molecular flexibility index (Phi) is 2.86. The lowest BCUT2D eigenvalue weighted by Crippen LogP contribution is -2.43. The van der Waals surface area contributed by atoms with Gasteiger partial charge in [-0.25, -0.2) is 0 Å². The molecule has 0 aromatic heterocycles. The Labute approximate surface area is 111 Å². The summed E-state index contributed by atoms with van der Waals surface area (Å²) in [6, 6.07) is 0. The van der Waals surface area contributed by atoms with Crippen molar-refractivity contribution in [2.75, 3.05) is 0 Å². The van der Waals surface area contributed by atoms with E-state index < -0.39 is 0 Å². The van der Waals surface area contributed by atoms with E-state index in [0.717, 1.165) is 25.2 Å². The molecule has 4 heteroatoms. The molecule has 3 nitrogen and oxygen atoms in total. The van der Waals surface area contributed by atoms with E-state index in [1.807, 2.05) is 0 Å². The molecule has 2 saturated carbocycles. The molecule has 2 bridgehead atoms. The summed E-state index contributed by atoms with van der Waals surface area (Å²) in [5.41, 5.74) is 6.64. The molecule has 3 fully saturated rings. The van der Waals surface area contributed by atoms with Crippen molar-refractivity contribution in [2.45, 2.75) is 71.0 Å². The van der Waals surface area contributed by atoms with Crippen LogP contribution < -0.4 is 5.73 Å². The quantitative estimate of drug-likeness (QED) is 0.783. The summed E-state index contributed by atoms with van der Waals surface area (Å²) in [7, 11) is -0.174. The number of rotatable bonds is 3. The first-order chi connectivity index (χ1) is 8.32. The first kappa shape index (κ1) is 13.0. The van der Waals surface area contributed by atoms with Gasteiger partial charge >= 0.3 is 7.12 Å². The Balaban J connectivity index is 1.69. The van der Waals surface area contributed by atoms with Crippen molar-refractivity contribution >= 4 is 7.12 Å². The van der Waals surface area contributed by atoms with Gasteiger partial charge in [0.25, 0.3) is 0 Å². The molecule has 0 aromatic carbocycles. The van der Waals surface area contributed by atoms with Crippen LogP contribution in [0.2, 0.25) is 0 Å². The lowest BCUT2D eigenvalue weighted by Gasteiger charge is -2.35. The van der Waals surface area contributed by atoms with Crippen LogP contribution in [0.3, 0.4) is 0 Å². The fourth-order valence-corrected chi connectivity index (χ4v) is 4.41. The van der Waals surface area contributed by atoms with Gasteiger partial charge in [-0.2, -0.15) is 0 Å². The Morgan fingerprint density at radius 1 is 1.39 bits per heavy atom. The third kappa shape index (κ3) is 1.84. The summed E-state index contributed by atoms with van der Waals surface area (Å²) < 4.78 is 12.4. The normalized spacial score (nSPS) is 42.7. The lowest BCUT2D eigenvalue weighted by molar-refractivity contribution is 0.0245. The minimum absolute atomic E-state index is 0.00652. The first-order valence-corrected chi connectivity index (χ1v) is 7.41. The average Bonchev–Trinajstić information content (AvgIpc) is 2.76. The smallest absolute Gasteiger partial charge is 0.404 e. The molecule has 102 valence electrons. The second kappa shape index (κ2) is 3.97. The van der Waals surface area contributed by atoms with Crippen LogP contribution in [0.5, 0.6) is 0 Å². The molecular formula is C14H26BNO2. The van der Waals surface area contributed by atoms with Gasteiger partial charge in [-0.15, -0.1) is 0 Å². The largest absolute Gasteiger partial charge is 0.475 e. The Morgan fingerprint density at radius 3 is 2.72 bits per heavy atom. The van der Waals surface area contributed by atoms with Crippen molar-refractivity contribution in [3.05, 3.63) is 0 Å². The van der Waals surface area contributed by atoms with Crippen molar-refractivity contribution in [3.8, 4) is 0 Å². The van der Waals surface area contributed by atoms with Crippen LogP contribution in [0.4, 0.5) is 0 Å². The van der Waals surface area contributed by atoms with Crippen LogP contribution in [-0.2, 0) is 9.31 Å². The van der Waals surface area contributed by atoms with Crippen molar-refractivity contribution in [2.24, 2.45) is 23.0 Å². The van der Waals surface area contributed by atoms with Gasteiger partial charge in [0.05, 0.1) is 11.7 Å². The van der Waals surface area contributed by atoms with Gasteiger partial charge in [0, 0.05) is 5.94 Å². The van der Waals surface area contributed by atoms with Crippen molar-refractivity contribution in [1.82, 2.24) is 0 Å². The van der Waals surface area contributed by atoms with Crippen LogP contribution >= 0.6 is 0 Å². The molecule has 2 N–H and O–H groups in total. The van der Waals surface area contributed by atoms with E-state index in [1.165, 1.54) is 6.42 Å². The summed E-state index contributed by atoms with van der Waals surface area (Å²) >= 11 is 0. The van der Waals surface area contributed by atoms with Crippen molar-refractivity contribution in [3.63, 3.8) is 0 Å². The highest BCUT2D eigenvalue weighted by Gasteiger charge is 2.66. The molecule has 4 atom stereocenters. The molecule has 1 saturated heterocycles. The van der Waals surface area contributed by atoms with E-state index in [4.69, 9.17) is 15.0 Å². The van der Waals surface area contributed by atoms with E-state index >= 15 is 0 Å². The van der Waals surface area contributed by atoms with Crippen LogP contribution in [0.1, 0.15) is 53.4 Å². The number of hydrogen-bond acceptors (Lipinski definition) is 3. The molecule has 1 spiro atoms. The molecule has 3 rings (SSSR count). The molecule has 1 aliphatic heterocycles. The summed E-state index contributed by atoms with van der Waals surface area (Å²) in [6.45, 7) is 9.13. The zero-order chi connectivity index (χ0) is 13.1. The summed E-state index contributed by atoms with van der Waals surface area (Å²) in [4.78, 5) is 0. The number of fused-ring (bicyclic) bond motifs is 1. The average molecular weight is 251 g/mol. The van der Waals surface area contributed by atoms with Gasteiger partial charge < -0.3 is 15.0 Å². The van der Waals surface area contributed by atoms with Crippen LogP contribution in [0.15, 0.2) is 0 Å². The molecule has 4 unspecified atom stereocenters. The highest BCUT2D eigenvalue weighted by Crippen LogP contribution is 2.62. The molecule has 18 heavy (non-hydrogen) atoms. The fourth-order valence-electron chi connectivity index (χ4n) is 4.41. The minimum atomic E-state index is -0.174. The van der Waals surface area contributed by atoms with Crippen molar-refractivity contribution < 1.29 is 9.31 Å². The van der Waals surface area contributed by atoms with E-state index in [-0.39, 0.29) is 18.7 Å². The van der Waals surface area contributed by atoms with Gasteiger partial charge in [-0.1, -0.05) is 27.7 Å². The van der Waals surface area contributed by atoms with Gasteiger partial charge in [0.2, 0.25) is 0 Å². The zero-order valence-corrected chi connectivity index (χ0v) is 12.1. The Bertz CT molecular complexity index is 347. The van der Waals surface area contributed by atoms with Gasteiger partial charge in [0.1, 0.15) is 0 Å². The molecule has 3 aliphatic rings. The molecule has 1 heterocycles. The maximum absolute atomic E-state index is 6.31. The molecule has 0 radical (unpaired) electrons. The maximum Gasteiger partial charge on any atom is 0.475 e. The highest BCUT2D eigenvalue weighted by molar-refractivity contribution is 6.47. The van der Waals surface area contributed by atoms with E-state index in [0.29, 0.717) is 17.4 Å². The van der Waals surface area contributed by atoms with Crippen LogP contribution in [0.25, 0.3) is 0 Å². The third-order valence-corrected chi connectivity index (χ3v) is 5.28. The first-order valence-electron chi connectivity index (χ1n) is 7.41. The molecular weight excluding hydrogens is 225 g/mol. The Hall–Kier alpha value is -0.0551. The SMILES string of the molecule is CC(C)CC(N)B1OC2CC3CC2(CC3(C)C)O1. The van der Waals surface area contributed by atoms with Crippen molar-refractivity contribution in [1.29, 1.82) is 0 Å². The summed E-state index contributed by atoms with van der Waals surface area (Å²) in [5.74, 6) is 1.38. The maximum atomic E-state index is 6.31. The van der Waals surface area contributed by atoms with Crippen LogP contribution in [0, 0.1) is 17.3 Å². The topological polar surface area (TPSA) is 44.5 Å². The standard InChI is InChI=1S/C14H26BNO2/c1-9(2)5-12(16)15-17-11-6-10-7-14(11,18-15)8-13(10,3)4/h9-12H,5-8,16H2,1-4H3. The monoisotopic (exact) mass is 251 g/mol. The van der Waals surface area contributed by atoms with E-state index in [1.54, 1.807) is 0 Å².